The highest BCUT2D eigenvalue weighted by atomic mass is 16.2. The Kier molecular flexibility index (Phi) is 3.97. The molecule has 1 heterocycles. The van der Waals surface area contributed by atoms with Crippen molar-refractivity contribution in [3.8, 4) is 0 Å². The Bertz CT molecular complexity index is 196. The lowest BCUT2D eigenvalue weighted by molar-refractivity contribution is -0.131. The molecule has 1 unspecified atom stereocenters. The quantitative estimate of drug-likeness (QED) is 0.688. The van der Waals surface area contributed by atoms with Crippen LogP contribution in [0, 0.1) is 5.92 Å². The molecule has 0 bridgehead atoms. The average molecular weight is 197 g/mol. The van der Waals surface area contributed by atoms with Crippen LogP contribution in [0.2, 0.25) is 0 Å². The number of amides is 1. The number of rotatable bonds is 1. The van der Waals surface area contributed by atoms with E-state index in [1.54, 1.807) is 0 Å². The Morgan fingerprint density at radius 3 is 2.36 bits per heavy atom. The lowest BCUT2D eigenvalue weighted by Gasteiger charge is -2.47. The van der Waals surface area contributed by atoms with Gasteiger partial charge >= 0.3 is 0 Å². The normalized spacial score (nSPS) is 28.5. The maximum atomic E-state index is 11.5. The molecule has 82 valence electrons. The van der Waals surface area contributed by atoms with Gasteiger partial charge in [-0.3, -0.25) is 4.79 Å². The van der Waals surface area contributed by atoms with Gasteiger partial charge in [-0.05, 0) is 38.5 Å². The molecule has 1 spiro atoms. The molecule has 0 aromatic heterocycles. The van der Waals surface area contributed by atoms with Gasteiger partial charge in [0.2, 0.25) is 5.91 Å². The Balaban J connectivity index is 0.000000461. The van der Waals surface area contributed by atoms with Crippen molar-refractivity contribution in [3.05, 3.63) is 0 Å². The molecule has 0 radical (unpaired) electrons. The van der Waals surface area contributed by atoms with Gasteiger partial charge in [0.25, 0.3) is 0 Å². The van der Waals surface area contributed by atoms with E-state index in [0.717, 1.165) is 12.8 Å². The molecule has 0 aromatic carbocycles. The van der Waals surface area contributed by atoms with Gasteiger partial charge in [0, 0.05) is 11.5 Å². The third kappa shape index (κ3) is 2.10. The number of hydrogen-bond donors (Lipinski definition) is 1. The van der Waals surface area contributed by atoms with Gasteiger partial charge in [-0.15, -0.1) is 0 Å². The van der Waals surface area contributed by atoms with Crippen LogP contribution in [0.25, 0.3) is 0 Å². The van der Waals surface area contributed by atoms with Crippen LogP contribution in [0.3, 0.4) is 0 Å². The third-order valence-electron chi connectivity index (χ3n) is 3.53. The second kappa shape index (κ2) is 4.81. The molecule has 1 amide bonds. The Morgan fingerprint density at radius 2 is 2.00 bits per heavy atom. The van der Waals surface area contributed by atoms with Crippen molar-refractivity contribution in [1.29, 1.82) is 0 Å². The SMILES string of the molecule is CC.CCC1CCC2(CCC2)NC1=O. The molecule has 1 aliphatic heterocycles. The first-order chi connectivity index (χ1) is 6.76. The molecule has 2 heteroatoms. The molecule has 1 N–H and O–H groups in total. The van der Waals surface area contributed by atoms with Crippen molar-refractivity contribution >= 4 is 5.91 Å². The first kappa shape index (κ1) is 11.5. The van der Waals surface area contributed by atoms with Gasteiger partial charge in [0.05, 0.1) is 0 Å². The van der Waals surface area contributed by atoms with E-state index in [4.69, 9.17) is 0 Å². The topological polar surface area (TPSA) is 29.1 Å². The van der Waals surface area contributed by atoms with Crippen molar-refractivity contribution in [2.75, 3.05) is 0 Å². The summed E-state index contributed by atoms with van der Waals surface area (Å²) in [6, 6.07) is 0. The molecular weight excluding hydrogens is 174 g/mol. The summed E-state index contributed by atoms with van der Waals surface area (Å²) in [6.45, 7) is 6.10. The van der Waals surface area contributed by atoms with E-state index in [1.807, 2.05) is 13.8 Å². The third-order valence-corrected chi connectivity index (χ3v) is 3.53. The molecule has 1 saturated carbocycles. The second-order valence-electron chi connectivity index (χ2n) is 4.27. The van der Waals surface area contributed by atoms with Crippen molar-refractivity contribution in [3.63, 3.8) is 0 Å². The number of carbonyl (C=O) groups is 1. The predicted molar refractivity (Wildman–Crippen MR) is 59.1 cm³/mol. The van der Waals surface area contributed by atoms with Crippen LogP contribution in [0.1, 0.15) is 59.3 Å². The predicted octanol–water partition coefficient (Wildman–Crippen LogP) is 2.87. The van der Waals surface area contributed by atoms with Crippen LogP contribution in [0.5, 0.6) is 0 Å². The summed E-state index contributed by atoms with van der Waals surface area (Å²) in [4.78, 5) is 11.5. The van der Waals surface area contributed by atoms with E-state index in [1.165, 1.54) is 25.7 Å². The summed E-state index contributed by atoms with van der Waals surface area (Å²) >= 11 is 0. The van der Waals surface area contributed by atoms with Crippen LogP contribution in [0.4, 0.5) is 0 Å². The van der Waals surface area contributed by atoms with Gasteiger partial charge in [-0.1, -0.05) is 20.8 Å². The van der Waals surface area contributed by atoms with Crippen LogP contribution in [-0.2, 0) is 4.79 Å². The standard InChI is InChI=1S/C10H17NO.C2H6/c1-2-8-4-7-10(5-3-6-10)11-9(8)12;1-2/h8H,2-7H2,1H3,(H,11,12);1-2H3. The van der Waals surface area contributed by atoms with Crippen LogP contribution in [-0.4, -0.2) is 11.4 Å². The van der Waals surface area contributed by atoms with E-state index in [-0.39, 0.29) is 5.54 Å². The highest BCUT2D eigenvalue weighted by molar-refractivity contribution is 5.80. The van der Waals surface area contributed by atoms with E-state index < -0.39 is 0 Å². The van der Waals surface area contributed by atoms with Gasteiger partial charge in [-0.2, -0.15) is 0 Å². The Labute approximate surface area is 87.5 Å². The molecule has 0 aromatic rings. The van der Waals surface area contributed by atoms with E-state index in [0.29, 0.717) is 11.8 Å². The average Bonchev–Trinajstić information content (AvgIpc) is 2.18. The molecule has 1 atom stereocenters. The number of carbonyl (C=O) groups excluding carboxylic acids is 1. The minimum absolute atomic E-state index is 0.253. The molecule has 2 nitrogen and oxygen atoms in total. The zero-order valence-corrected chi connectivity index (χ0v) is 9.73. The van der Waals surface area contributed by atoms with Crippen molar-refractivity contribution in [2.24, 2.45) is 5.92 Å². The van der Waals surface area contributed by atoms with Crippen LogP contribution < -0.4 is 5.32 Å². The molecule has 2 fully saturated rings. The smallest absolute Gasteiger partial charge is 0.223 e. The minimum Gasteiger partial charge on any atom is -0.350 e. The second-order valence-corrected chi connectivity index (χ2v) is 4.27. The van der Waals surface area contributed by atoms with Crippen LogP contribution >= 0.6 is 0 Å². The molecule has 1 saturated heterocycles. The van der Waals surface area contributed by atoms with E-state index in [2.05, 4.69) is 12.2 Å². The zero-order chi connectivity index (χ0) is 10.6. The fourth-order valence-electron chi connectivity index (χ4n) is 2.38. The summed E-state index contributed by atoms with van der Waals surface area (Å²) in [7, 11) is 0. The molecular formula is C12H23NO. The first-order valence-corrected chi connectivity index (χ1v) is 6.08. The fourth-order valence-corrected chi connectivity index (χ4v) is 2.38. The monoisotopic (exact) mass is 197 g/mol. The summed E-state index contributed by atoms with van der Waals surface area (Å²) < 4.78 is 0. The van der Waals surface area contributed by atoms with Crippen molar-refractivity contribution in [2.45, 2.75) is 64.8 Å². The first-order valence-electron chi connectivity index (χ1n) is 6.08. The van der Waals surface area contributed by atoms with Crippen molar-refractivity contribution in [1.82, 2.24) is 5.32 Å². The summed E-state index contributed by atoms with van der Waals surface area (Å²) in [5, 5.41) is 3.19. The lowest BCUT2D eigenvalue weighted by atomic mass is 9.69. The molecule has 2 aliphatic rings. The molecule has 2 rings (SSSR count). The summed E-state index contributed by atoms with van der Waals surface area (Å²) in [5.41, 5.74) is 0.253. The molecule has 1 aliphatic carbocycles. The lowest BCUT2D eigenvalue weighted by Crippen LogP contribution is -2.58. The highest BCUT2D eigenvalue weighted by Crippen LogP contribution is 2.40. The van der Waals surface area contributed by atoms with E-state index in [9.17, 15) is 4.79 Å². The zero-order valence-electron chi connectivity index (χ0n) is 9.73. The van der Waals surface area contributed by atoms with Gasteiger partial charge in [-0.25, -0.2) is 0 Å². The number of piperidine rings is 1. The Morgan fingerprint density at radius 1 is 1.36 bits per heavy atom. The van der Waals surface area contributed by atoms with E-state index >= 15 is 0 Å². The van der Waals surface area contributed by atoms with Gasteiger partial charge < -0.3 is 5.32 Å². The summed E-state index contributed by atoms with van der Waals surface area (Å²) in [6.07, 6.45) is 7.07. The fraction of sp³-hybridized carbons (Fsp3) is 0.917. The largest absolute Gasteiger partial charge is 0.350 e. The number of hydrogen-bond acceptors (Lipinski definition) is 1. The maximum Gasteiger partial charge on any atom is 0.223 e. The van der Waals surface area contributed by atoms with Crippen molar-refractivity contribution < 1.29 is 4.79 Å². The maximum absolute atomic E-state index is 11.5. The minimum atomic E-state index is 0.253. The van der Waals surface area contributed by atoms with Gasteiger partial charge in [0.15, 0.2) is 0 Å². The van der Waals surface area contributed by atoms with Gasteiger partial charge in [0.1, 0.15) is 0 Å². The Hall–Kier alpha value is -0.530. The highest BCUT2D eigenvalue weighted by Gasteiger charge is 2.42. The van der Waals surface area contributed by atoms with Crippen LogP contribution in [0.15, 0.2) is 0 Å². The summed E-state index contributed by atoms with van der Waals surface area (Å²) in [5.74, 6) is 0.611. The molecule has 14 heavy (non-hydrogen) atoms. The number of nitrogens with one attached hydrogen (secondary N) is 1.